The van der Waals surface area contributed by atoms with Crippen molar-refractivity contribution < 1.29 is 24.9 Å². The lowest BCUT2D eigenvalue weighted by atomic mass is 10.1. The molecule has 2 aliphatic heterocycles. The number of carboxylic acid groups (broad SMARTS) is 1. The zero-order valence-corrected chi connectivity index (χ0v) is 10.1. The summed E-state index contributed by atoms with van der Waals surface area (Å²) in [5, 5.41) is 28.6. The highest BCUT2D eigenvalue weighted by atomic mass is 16.6. The van der Waals surface area contributed by atoms with E-state index in [4.69, 9.17) is 14.9 Å². The first-order chi connectivity index (χ1) is 9.09. The lowest BCUT2D eigenvalue weighted by molar-refractivity contribution is -0.132. The third-order valence-electron chi connectivity index (χ3n) is 4.80. The van der Waals surface area contributed by atoms with E-state index in [-0.39, 0.29) is 36.7 Å². The maximum Gasteiger partial charge on any atom is 0.333 e. The lowest BCUT2D eigenvalue weighted by Crippen LogP contribution is -2.28. The van der Waals surface area contributed by atoms with Gasteiger partial charge in [-0.1, -0.05) is 6.08 Å². The molecule has 0 aromatic rings. The summed E-state index contributed by atoms with van der Waals surface area (Å²) in [4.78, 5) is 12.8. The number of ether oxygens (including phenoxy) is 1. The molecule has 3 fully saturated rings. The van der Waals surface area contributed by atoms with Crippen LogP contribution in [0.1, 0.15) is 6.42 Å². The minimum atomic E-state index is -0.919. The number of hydrogen-bond donors (Lipinski definition) is 3. The number of nitrogens with zero attached hydrogens (tertiary/aromatic N) is 1. The first-order valence-corrected chi connectivity index (χ1v) is 6.45. The second-order valence-corrected chi connectivity index (χ2v) is 5.71. The molecular weight excluding hydrogens is 250 g/mol. The fraction of sp³-hybridized carbons (Fsp3) is 0.615. The van der Waals surface area contributed by atoms with Crippen LogP contribution in [0.4, 0.5) is 0 Å². The molecule has 0 bridgehead atoms. The zero-order chi connectivity index (χ0) is 13.4. The highest BCUT2D eigenvalue weighted by Crippen LogP contribution is 2.68. The number of carbonyl (C=O) groups is 1. The van der Waals surface area contributed by atoms with E-state index in [1.807, 2.05) is 11.1 Å². The number of allylic oxidation sites excluding steroid dienone is 1. The Balaban J connectivity index is 1.53. The summed E-state index contributed by atoms with van der Waals surface area (Å²) >= 11 is 0. The van der Waals surface area contributed by atoms with Crippen molar-refractivity contribution in [1.29, 1.82) is 0 Å². The average Bonchev–Trinajstić information content (AvgIpc) is 3.23. The number of aliphatic hydroxyl groups is 2. The number of fused-ring (bicyclic) bond motifs is 3. The molecule has 2 saturated carbocycles. The molecule has 4 aliphatic rings. The zero-order valence-electron chi connectivity index (χ0n) is 10.1. The van der Waals surface area contributed by atoms with Crippen LogP contribution < -0.4 is 0 Å². The third-order valence-corrected chi connectivity index (χ3v) is 4.80. The summed E-state index contributed by atoms with van der Waals surface area (Å²) in [5.41, 5.74) is -0.572. The van der Waals surface area contributed by atoms with Gasteiger partial charge in [-0.05, 0) is 0 Å². The first kappa shape index (κ1) is 11.5. The van der Waals surface area contributed by atoms with Crippen molar-refractivity contribution in [3.05, 3.63) is 24.0 Å². The van der Waals surface area contributed by atoms with Gasteiger partial charge in [-0.2, -0.15) is 0 Å². The van der Waals surface area contributed by atoms with E-state index in [1.54, 1.807) is 12.3 Å². The van der Waals surface area contributed by atoms with Crippen LogP contribution >= 0.6 is 0 Å². The smallest absolute Gasteiger partial charge is 0.333 e. The molecule has 6 nitrogen and oxygen atoms in total. The van der Waals surface area contributed by atoms with Crippen molar-refractivity contribution in [3.8, 4) is 0 Å². The van der Waals surface area contributed by atoms with Crippen molar-refractivity contribution >= 4 is 5.97 Å². The van der Waals surface area contributed by atoms with Gasteiger partial charge in [-0.3, -0.25) is 0 Å². The standard InChI is InChI=1S/C13H15NO5/c15-5-7-11-13(7,18)8-9(10(8)19-11)14-3-1-2-6(4-14)12(16)17/h1,3-4,7-11,15,18H,2,5H2,(H,16,17)/t7?,8-,9?,10?,11?,13-/m1/s1. The Bertz CT molecular complexity index is 509. The largest absolute Gasteiger partial charge is 0.478 e. The van der Waals surface area contributed by atoms with E-state index < -0.39 is 11.6 Å². The SMILES string of the molecule is O=C(O)C1=CN(C2C3OC4C(CO)[C@@]4(O)[C@@H]32)C=CC1. The van der Waals surface area contributed by atoms with Gasteiger partial charge in [0.2, 0.25) is 0 Å². The highest BCUT2D eigenvalue weighted by molar-refractivity contribution is 5.87. The normalized spacial score (nSPS) is 49.5. The van der Waals surface area contributed by atoms with E-state index >= 15 is 0 Å². The number of carboxylic acids is 1. The summed E-state index contributed by atoms with van der Waals surface area (Å²) in [6.07, 6.45) is 5.39. The molecule has 0 amide bonds. The summed E-state index contributed by atoms with van der Waals surface area (Å²) in [6.45, 7) is -0.0663. The first-order valence-electron chi connectivity index (χ1n) is 6.45. The summed E-state index contributed by atoms with van der Waals surface area (Å²) < 4.78 is 5.72. The van der Waals surface area contributed by atoms with Gasteiger partial charge in [-0.25, -0.2) is 4.79 Å². The summed E-state index contributed by atoms with van der Waals surface area (Å²) in [5.74, 6) is -1.13. The highest BCUT2D eigenvalue weighted by Gasteiger charge is 2.85. The van der Waals surface area contributed by atoms with E-state index in [2.05, 4.69) is 0 Å². The Morgan fingerprint density at radius 2 is 2.37 bits per heavy atom. The lowest BCUT2D eigenvalue weighted by Gasteiger charge is -2.22. The van der Waals surface area contributed by atoms with Crippen LogP contribution in [-0.4, -0.2) is 56.6 Å². The Hall–Kier alpha value is -1.37. The van der Waals surface area contributed by atoms with Gasteiger partial charge in [0, 0.05) is 30.7 Å². The molecule has 102 valence electrons. The van der Waals surface area contributed by atoms with Gasteiger partial charge in [0.15, 0.2) is 0 Å². The maximum atomic E-state index is 11.0. The van der Waals surface area contributed by atoms with Crippen LogP contribution in [0.3, 0.4) is 0 Å². The molecule has 6 atom stereocenters. The molecular formula is C13H15NO5. The van der Waals surface area contributed by atoms with Crippen molar-refractivity contribution in [2.45, 2.75) is 30.3 Å². The quantitative estimate of drug-likeness (QED) is 0.625. The van der Waals surface area contributed by atoms with Crippen LogP contribution in [0.5, 0.6) is 0 Å². The molecule has 4 rings (SSSR count). The van der Waals surface area contributed by atoms with Crippen LogP contribution in [0.25, 0.3) is 0 Å². The van der Waals surface area contributed by atoms with E-state index in [9.17, 15) is 9.90 Å². The Morgan fingerprint density at radius 1 is 1.58 bits per heavy atom. The molecule has 0 spiro atoms. The molecule has 0 aromatic carbocycles. The Labute approximate surface area is 109 Å². The van der Waals surface area contributed by atoms with Crippen molar-refractivity contribution in [2.75, 3.05) is 6.61 Å². The predicted molar refractivity (Wildman–Crippen MR) is 62.8 cm³/mol. The topological polar surface area (TPSA) is 90.2 Å². The van der Waals surface area contributed by atoms with Crippen molar-refractivity contribution in [3.63, 3.8) is 0 Å². The van der Waals surface area contributed by atoms with Crippen LogP contribution in [0.2, 0.25) is 0 Å². The molecule has 2 heterocycles. The van der Waals surface area contributed by atoms with Gasteiger partial charge in [0.05, 0.1) is 30.4 Å². The van der Waals surface area contributed by atoms with E-state index in [0.29, 0.717) is 12.0 Å². The van der Waals surface area contributed by atoms with Crippen LogP contribution in [0, 0.1) is 11.8 Å². The molecule has 0 aromatic heterocycles. The molecule has 2 aliphatic carbocycles. The second-order valence-electron chi connectivity index (χ2n) is 5.71. The molecule has 0 radical (unpaired) electrons. The monoisotopic (exact) mass is 265 g/mol. The molecule has 19 heavy (non-hydrogen) atoms. The van der Waals surface area contributed by atoms with Gasteiger partial charge in [0.1, 0.15) is 5.60 Å². The third kappa shape index (κ3) is 1.29. The number of rotatable bonds is 3. The number of aliphatic carboxylic acids is 1. The van der Waals surface area contributed by atoms with Gasteiger partial charge < -0.3 is 25.0 Å². The van der Waals surface area contributed by atoms with E-state index in [1.165, 1.54) is 0 Å². The minimum absolute atomic E-state index is 0.0105. The van der Waals surface area contributed by atoms with Crippen molar-refractivity contribution in [1.82, 2.24) is 4.90 Å². The number of hydrogen-bond acceptors (Lipinski definition) is 5. The van der Waals surface area contributed by atoms with Crippen LogP contribution in [-0.2, 0) is 9.53 Å². The summed E-state index contributed by atoms with van der Waals surface area (Å²) in [6, 6.07) is -0.0105. The second kappa shape index (κ2) is 3.39. The Kier molecular flexibility index (Phi) is 2.04. The fourth-order valence-electron chi connectivity index (χ4n) is 3.71. The van der Waals surface area contributed by atoms with E-state index in [0.717, 1.165) is 0 Å². The Morgan fingerprint density at radius 3 is 3.05 bits per heavy atom. The molecule has 6 heteroatoms. The molecule has 3 N–H and O–H groups in total. The van der Waals surface area contributed by atoms with Gasteiger partial charge >= 0.3 is 5.97 Å². The molecule has 1 saturated heterocycles. The predicted octanol–water partition coefficient (Wildman–Crippen LogP) is -0.707. The fourth-order valence-corrected chi connectivity index (χ4v) is 3.71. The number of aliphatic hydroxyl groups excluding tert-OH is 1. The minimum Gasteiger partial charge on any atom is -0.478 e. The maximum absolute atomic E-state index is 11.0. The summed E-state index contributed by atoms with van der Waals surface area (Å²) in [7, 11) is 0. The molecule has 4 unspecified atom stereocenters. The average molecular weight is 265 g/mol. The van der Waals surface area contributed by atoms with Crippen molar-refractivity contribution in [2.24, 2.45) is 11.8 Å². The van der Waals surface area contributed by atoms with Gasteiger partial charge in [0.25, 0.3) is 0 Å². The van der Waals surface area contributed by atoms with Crippen LogP contribution in [0.15, 0.2) is 24.0 Å². The van der Waals surface area contributed by atoms with Gasteiger partial charge in [-0.15, -0.1) is 0 Å².